The van der Waals surface area contributed by atoms with Crippen molar-refractivity contribution in [3.8, 4) is 17.2 Å². The number of hydrogen-bond acceptors (Lipinski definition) is 6. The maximum atomic E-state index is 12.7. The molecule has 3 aromatic rings. The first kappa shape index (κ1) is 27.1. The molecule has 0 aliphatic carbocycles. The predicted molar refractivity (Wildman–Crippen MR) is 145 cm³/mol. The zero-order valence-corrected chi connectivity index (χ0v) is 22.2. The van der Waals surface area contributed by atoms with Crippen LogP contribution in [0.2, 0.25) is 0 Å². The van der Waals surface area contributed by atoms with Crippen LogP contribution >= 0.6 is 11.8 Å². The van der Waals surface area contributed by atoms with Crippen molar-refractivity contribution in [2.75, 3.05) is 19.0 Å². The zero-order valence-electron chi connectivity index (χ0n) is 21.4. The molecule has 0 aliphatic heterocycles. The highest BCUT2D eigenvalue weighted by molar-refractivity contribution is 7.99. The van der Waals surface area contributed by atoms with Crippen LogP contribution in [-0.4, -0.2) is 30.3 Å². The number of rotatable bonds is 10. The summed E-state index contributed by atoms with van der Waals surface area (Å²) in [6.45, 7) is 8.58. The van der Waals surface area contributed by atoms with Gasteiger partial charge in [0.1, 0.15) is 5.75 Å². The van der Waals surface area contributed by atoms with Gasteiger partial charge in [-0.25, -0.2) is 0 Å². The maximum absolute atomic E-state index is 12.7. The molecule has 0 unspecified atom stereocenters. The van der Waals surface area contributed by atoms with Crippen molar-refractivity contribution >= 4 is 29.3 Å². The van der Waals surface area contributed by atoms with Gasteiger partial charge in [0, 0.05) is 27.3 Å². The van der Waals surface area contributed by atoms with E-state index in [0.717, 1.165) is 11.1 Å². The number of carbonyl (C=O) groups excluding carboxylic acids is 2. The average molecular weight is 508 g/mol. The van der Waals surface area contributed by atoms with Gasteiger partial charge in [-0.15, -0.1) is 0 Å². The van der Waals surface area contributed by atoms with Gasteiger partial charge >= 0.3 is 5.97 Å². The van der Waals surface area contributed by atoms with Gasteiger partial charge in [0.05, 0.1) is 20.1 Å². The molecule has 0 saturated carbocycles. The lowest BCUT2D eigenvalue weighted by atomic mass is 10.1. The number of nitrogens with one attached hydrogen (secondary N) is 1. The van der Waals surface area contributed by atoms with Crippen LogP contribution in [0.25, 0.3) is 0 Å². The summed E-state index contributed by atoms with van der Waals surface area (Å²) in [7, 11) is 1.58. The number of esters is 1. The van der Waals surface area contributed by atoms with E-state index in [9.17, 15) is 9.59 Å². The Morgan fingerprint density at radius 3 is 2.31 bits per heavy atom. The number of thioether (sulfide) groups is 1. The minimum Gasteiger partial charge on any atom is -0.493 e. The quantitative estimate of drug-likeness (QED) is 0.302. The Morgan fingerprint density at radius 2 is 1.64 bits per heavy atom. The van der Waals surface area contributed by atoms with E-state index in [1.54, 1.807) is 50.1 Å². The largest absolute Gasteiger partial charge is 0.493 e. The van der Waals surface area contributed by atoms with Gasteiger partial charge in [0.25, 0.3) is 5.91 Å². The SMILES string of the molecule is CCOC(=O)Cc1ccc(OC)c(Oc2ccc(NC(=O)c3ccccc3)cc2CSC(C)(C)C)c1. The van der Waals surface area contributed by atoms with E-state index in [1.807, 2.05) is 42.5 Å². The van der Waals surface area contributed by atoms with Gasteiger partial charge in [-0.3, -0.25) is 9.59 Å². The van der Waals surface area contributed by atoms with Crippen molar-refractivity contribution in [2.24, 2.45) is 0 Å². The molecule has 0 saturated heterocycles. The van der Waals surface area contributed by atoms with Crippen LogP contribution in [0.5, 0.6) is 17.2 Å². The first-order chi connectivity index (χ1) is 17.2. The Morgan fingerprint density at radius 1 is 0.917 bits per heavy atom. The Labute approximate surface area is 217 Å². The van der Waals surface area contributed by atoms with Crippen molar-refractivity contribution in [2.45, 2.75) is 44.6 Å². The van der Waals surface area contributed by atoms with Crippen molar-refractivity contribution in [1.29, 1.82) is 0 Å². The number of ether oxygens (including phenoxy) is 3. The van der Waals surface area contributed by atoms with Crippen molar-refractivity contribution < 1.29 is 23.8 Å². The van der Waals surface area contributed by atoms with E-state index in [0.29, 0.717) is 40.9 Å². The molecule has 1 N–H and O–H groups in total. The molecule has 0 heterocycles. The summed E-state index contributed by atoms with van der Waals surface area (Å²) in [5.74, 6) is 1.91. The molecule has 7 heteroatoms. The Bertz CT molecular complexity index is 1190. The molecule has 0 fully saturated rings. The minimum absolute atomic E-state index is 0.0395. The second kappa shape index (κ2) is 12.5. The lowest BCUT2D eigenvalue weighted by Gasteiger charge is -2.20. The average Bonchev–Trinajstić information content (AvgIpc) is 2.84. The number of hydrogen-bond donors (Lipinski definition) is 1. The molecule has 36 heavy (non-hydrogen) atoms. The van der Waals surface area contributed by atoms with Crippen LogP contribution in [-0.2, 0) is 21.7 Å². The van der Waals surface area contributed by atoms with E-state index in [2.05, 4.69) is 26.1 Å². The zero-order chi connectivity index (χ0) is 26.1. The Balaban J connectivity index is 1.89. The van der Waals surface area contributed by atoms with E-state index in [4.69, 9.17) is 14.2 Å². The third kappa shape index (κ3) is 8.05. The number of methoxy groups -OCH3 is 1. The normalized spacial score (nSPS) is 11.0. The molecule has 190 valence electrons. The smallest absolute Gasteiger partial charge is 0.310 e. The first-order valence-corrected chi connectivity index (χ1v) is 12.8. The number of amides is 1. The van der Waals surface area contributed by atoms with Crippen LogP contribution in [0.15, 0.2) is 66.7 Å². The lowest BCUT2D eigenvalue weighted by Crippen LogP contribution is -2.12. The molecule has 3 aromatic carbocycles. The summed E-state index contributed by atoms with van der Waals surface area (Å²) in [4.78, 5) is 24.6. The van der Waals surface area contributed by atoms with Gasteiger partial charge in [-0.2, -0.15) is 11.8 Å². The minimum atomic E-state index is -0.297. The van der Waals surface area contributed by atoms with Crippen LogP contribution in [0.3, 0.4) is 0 Å². The summed E-state index contributed by atoms with van der Waals surface area (Å²) in [5.41, 5.74) is 2.97. The topological polar surface area (TPSA) is 73.9 Å². The predicted octanol–water partition coefficient (Wildman–Crippen LogP) is 6.88. The molecular formula is C29H33NO5S. The number of carbonyl (C=O) groups is 2. The van der Waals surface area contributed by atoms with Gasteiger partial charge in [0.15, 0.2) is 11.5 Å². The van der Waals surface area contributed by atoms with Crippen LogP contribution in [0, 0.1) is 0 Å². The van der Waals surface area contributed by atoms with Crippen molar-refractivity contribution in [1.82, 2.24) is 0 Å². The number of anilines is 1. The summed E-state index contributed by atoms with van der Waals surface area (Å²) >= 11 is 1.78. The van der Waals surface area contributed by atoms with Gasteiger partial charge in [0.2, 0.25) is 0 Å². The van der Waals surface area contributed by atoms with Gasteiger partial charge in [-0.1, -0.05) is 45.0 Å². The van der Waals surface area contributed by atoms with Crippen LogP contribution in [0.1, 0.15) is 49.2 Å². The molecular weight excluding hydrogens is 474 g/mol. The Kier molecular flexibility index (Phi) is 9.42. The molecule has 0 atom stereocenters. The third-order valence-electron chi connectivity index (χ3n) is 5.12. The molecule has 0 bridgehead atoms. The molecule has 0 spiro atoms. The van der Waals surface area contributed by atoms with Crippen LogP contribution in [0.4, 0.5) is 5.69 Å². The second-order valence-electron chi connectivity index (χ2n) is 9.11. The summed E-state index contributed by atoms with van der Waals surface area (Å²) in [6.07, 6.45) is 0.144. The first-order valence-electron chi connectivity index (χ1n) is 11.8. The maximum Gasteiger partial charge on any atom is 0.310 e. The fourth-order valence-electron chi connectivity index (χ4n) is 3.36. The molecule has 0 aromatic heterocycles. The Hall–Kier alpha value is -3.45. The summed E-state index contributed by atoms with van der Waals surface area (Å²) in [5, 5.41) is 2.97. The standard InChI is InChI=1S/C29H33NO5S/c1-6-34-27(31)17-20-12-14-25(33-5)26(16-20)35-24-15-13-23(18-22(24)19-36-29(2,3)4)30-28(32)21-10-8-7-9-11-21/h7-16,18H,6,17,19H2,1-5H3,(H,30,32). The fraction of sp³-hybridized carbons (Fsp3) is 0.310. The van der Waals surface area contributed by atoms with Crippen LogP contribution < -0.4 is 14.8 Å². The highest BCUT2D eigenvalue weighted by Gasteiger charge is 2.17. The summed E-state index contributed by atoms with van der Waals surface area (Å²) in [6, 6.07) is 20.1. The van der Waals surface area contributed by atoms with Gasteiger partial charge in [-0.05, 0) is 55.0 Å². The monoisotopic (exact) mass is 507 g/mol. The molecule has 0 radical (unpaired) electrons. The lowest BCUT2D eigenvalue weighted by molar-refractivity contribution is -0.142. The highest BCUT2D eigenvalue weighted by atomic mass is 32.2. The summed E-state index contributed by atoms with van der Waals surface area (Å²) < 4.78 is 16.9. The van der Waals surface area contributed by atoms with Gasteiger partial charge < -0.3 is 19.5 Å². The number of benzene rings is 3. The van der Waals surface area contributed by atoms with Crippen molar-refractivity contribution in [3.05, 3.63) is 83.4 Å². The molecule has 1 amide bonds. The second-order valence-corrected chi connectivity index (χ2v) is 10.9. The van der Waals surface area contributed by atoms with E-state index in [-0.39, 0.29) is 23.0 Å². The van der Waals surface area contributed by atoms with E-state index >= 15 is 0 Å². The molecule has 6 nitrogen and oxygen atoms in total. The molecule has 3 rings (SSSR count). The van der Waals surface area contributed by atoms with E-state index in [1.165, 1.54) is 0 Å². The third-order valence-corrected chi connectivity index (χ3v) is 6.44. The molecule has 0 aliphatic rings. The highest BCUT2D eigenvalue weighted by Crippen LogP contribution is 2.38. The fourth-order valence-corrected chi connectivity index (χ4v) is 4.18. The van der Waals surface area contributed by atoms with Crippen molar-refractivity contribution in [3.63, 3.8) is 0 Å². The van der Waals surface area contributed by atoms with E-state index < -0.39 is 0 Å².